The van der Waals surface area contributed by atoms with Crippen LogP contribution in [0.2, 0.25) is 0 Å². The molecule has 1 unspecified atom stereocenters. The van der Waals surface area contributed by atoms with Crippen molar-refractivity contribution in [2.45, 2.75) is 43.5 Å². The van der Waals surface area contributed by atoms with E-state index in [0.29, 0.717) is 6.07 Å². The predicted octanol–water partition coefficient (Wildman–Crippen LogP) is 2.47. The summed E-state index contributed by atoms with van der Waals surface area (Å²) in [4.78, 5) is -1.12. The fraction of sp³-hybridized carbons (Fsp3) is 0.500. The number of hydrogen-bond donors (Lipinski definition) is 1. The predicted molar refractivity (Wildman–Crippen MR) is 78.7 cm³/mol. The quantitative estimate of drug-likeness (QED) is 0.839. The maximum absolute atomic E-state index is 13.9. The summed E-state index contributed by atoms with van der Waals surface area (Å²) in [6.07, 6.45) is 0. The molecule has 0 aliphatic carbocycles. The van der Waals surface area contributed by atoms with Crippen LogP contribution in [0.15, 0.2) is 28.0 Å². The van der Waals surface area contributed by atoms with Crippen molar-refractivity contribution in [2.24, 2.45) is 5.41 Å². The van der Waals surface area contributed by atoms with Gasteiger partial charge >= 0.3 is 0 Å². The Hall–Kier alpha value is -0.700. The average Bonchev–Trinajstić information content (AvgIpc) is 2.25. The molecule has 1 aromatic rings. The zero-order valence-electron chi connectivity index (χ0n) is 12.0. The summed E-state index contributed by atoms with van der Waals surface area (Å²) in [5.74, 6) is -1.18. The van der Waals surface area contributed by atoms with Gasteiger partial charge in [-0.3, -0.25) is 0 Å². The number of halogens is 2. The van der Waals surface area contributed by atoms with Crippen molar-refractivity contribution in [3.05, 3.63) is 24.0 Å². The molecule has 21 heavy (non-hydrogen) atoms. The summed E-state index contributed by atoms with van der Waals surface area (Å²) in [7, 11) is -3.13. The van der Waals surface area contributed by atoms with E-state index in [1.54, 1.807) is 6.92 Å². The third-order valence-corrected chi connectivity index (χ3v) is 6.03. The van der Waals surface area contributed by atoms with Crippen LogP contribution in [-0.4, -0.2) is 22.9 Å². The van der Waals surface area contributed by atoms with E-state index in [1.807, 2.05) is 20.8 Å². The molecule has 0 bridgehead atoms. The molecule has 0 amide bonds. The molecular formula is C12H17ClFNO4S2. The highest BCUT2D eigenvalue weighted by Crippen LogP contribution is 2.24. The Morgan fingerprint density at radius 1 is 1.19 bits per heavy atom. The molecule has 0 saturated carbocycles. The van der Waals surface area contributed by atoms with Gasteiger partial charge in [0, 0.05) is 16.7 Å². The summed E-state index contributed by atoms with van der Waals surface area (Å²) < 4.78 is 62.7. The molecule has 0 fully saturated rings. The van der Waals surface area contributed by atoms with Crippen LogP contribution in [0.1, 0.15) is 27.7 Å². The molecule has 120 valence electrons. The van der Waals surface area contributed by atoms with E-state index in [1.165, 1.54) is 0 Å². The maximum Gasteiger partial charge on any atom is 0.261 e. The smallest absolute Gasteiger partial charge is 0.208 e. The lowest BCUT2D eigenvalue weighted by atomic mass is 9.89. The molecular weight excluding hydrogens is 341 g/mol. The second kappa shape index (κ2) is 5.83. The van der Waals surface area contributed by atoms with Crippen molar-refractivity contribution in [1.29, 1.82) is 0 Å². The van der Waals surface area contributed by atoms with Crippen molar-refractivity contribution in [3.8, 4) is 0 Å². The SMILES string of the molecule is CC(NS(=O)(=O)c1ccc(S(=O)(=O)Cl)cc1F)C(C)(C)C. The number of hydrogen-bond acceptors (Lipinski definition) is 4. The minimum Gasteiger partial charge on any atom is -0.208 e. The Morgan fingerprint density at radius 2 is 1.71 bits per heavy atom. The van der Waals surface area contributed by atoms with E-state index in [0.717, 1.165) is 12.1 Å². The molecule has 0 aliphatic rings. The molecule has 0 radical (unpaired) electrons. The summed E-state index contributed by atoms with van der Waals surface area (Å²) in [5, 5.41) is 0. The van der Waals surface area contributed by atoms with Crippen LogP contribution in [0.3, 0.4) is 0 Å². The first-order chi connectivity index (χ1) is 9.25. The van der Waals surface area contributed by atoms with Crippen molar-refractivity contribution in [3.63, 3.8) is 0 Å². The Kier molecular flexibility index (Phi) is 5.09. The van der Waals surface area contributed by atoms with Gasteiger partial charge in [-0.1, -0.05) is 20.8 Å². The van der Waals surface area contributed by atoms with Crippen molar-refractivity contribution in [1.82, 2.24) is 4.72 Å². The Morgan fingerprint density at radius 3 is 2.10 bits per heavy atom. The van der Waals surface area contributed by atoms with Gasteiger partial charge in [0.2, 0.25) is 10.0 Å². The summed E-state index contributed by atoms with van der Waals surface area (Å²) in [6, 6.07) is 1.96. The van der Waals surface area contributed by atoms with E-state index in [-0.39, 0.29) is 5.41 Å². The molecule has 9 heteroatoms. The van der Waals surface area contributed by atoms with Crippen LogP contribution in [0.4, 0.5) is 4.39 Å². The van der Waals surface area contributed by atoms with Gasteiger partial charge in [0.25, 0.3) is 9.05 Å². The fourth-order valence-corrected chi connectivity index (χ4v) is 3.60. The van der Waals surface area contributed by atoms with E-state index >= 15 is 0 Å². The minimum atomic E-state index is -4.12. The molecule has 1 N–H and O–H groups in total. The second-order valence-corrected chi connectivity index (χ2v) is 9.99. The van der Waals surface area contributed by atoms with Gasteiger partial charge < -0.3 is 0 Å². The summed E-state index contributed by atoms with van der Waals surface area (Å²) >= 11 is 0. The highest BCUT2D eigenvalue weighted by Gasteiger charge is 2.28. The number of sulfonamides is 1. The first-order valence-corrected chi connectivity index (χ1v) is 9.81. The van der Waals surface area contributed by atoms with Gasteiger partial charge in [0.15, 0.2) is 0 Å². The molecule has 0 spiro atoms. The first-order valence-electron chi connectivity index (χ1n) is 6.02. The van der Waals surface area contributed by atoms with Gasteiger partial charge in [0.1, 0.15) is 10.7 Å². The van der Waals surface area contributed by atoms with E-state index in [4.69, 9.17) is 10.7 Å². The van der Waals surface area contributed by atoms with Crippen molar-refractivity contribution in [2.75, 3.05) is 0 Å². The summed E-state index contributed by atoms with van der Waals surface area (Å²) in [5.41, 5.74) is -0.358. The molecule has 0 saturated heterocycles. The van der Waals surface area contributed by atoms with Crippen LogP contribution < -0.4 is 4.72 Å². The Bertz CT molecular complexity index is 739. The van der Waals surface area contributed by atoms with Crippen LogP contribution in [0.25, 0.3) is 0 Å². The van der Waals surface area contributed by atoms with E-state index < -0.39 is 40.7 Å². The lowest BCUT2D eigenvalue weighted by Gasteiger charge is -2.27. The van der Waals surface area contributed by atoms with Gasteiger partial charge in [-0.2, -0.15) is 0 Å². The standard InChI is InChI=1S/C12H17ClFNO4S2/c1-8(12(2,3)4)15-21(18,19)11-6-5-9(7-10(11)14)20(13,16)17/h5-8,15H,1-4H3. The van der Waals surface area contributed by atoms with Crippen LogP contribution >= 0.6 is 10.7 Å². The maximum atomic E-state index is 13.9. The molecule has 0 aromatic heterocycles. The van der Waals surface area contributed by atoms with Crippen molar-refractivity contribution < 1.29 is 21.2 Å². The zero-order valence-corrected chi connectivity index (χ0v) is 14.4. The van der Waals surface area contributed by atoms with Gasteiger partial charge in [0.05, 0.1) is 4.90 Å². The normalized spacial score (nSPS) is 15.0. The Labute approximate surface area is 129 Å². The topological polar surface area (TPSA) is 80.3 Å². The number of benzene rings is 1. The van der Waals surface area contributed by atoms with E-state index in [9.17, 15) is 21.2 Å². The summed E-state index contributed by atoms with van der Waals surface area (Å²) in [6.45, 7) is 7.16. The lowest BCUT2D eigenvalue weighted by Crippen LogP contribution is -2.41. The lowest BCUT2D eigenvalue weighted by molar-refractivity contribution is 0.317. The molecule has 1 rings (SSSR count). The van der Waals surface area contributed by atoms with Gasteiger partial charge in [-0.15, -0.1) is 0 Å². The average molecular weight is 358 g/mol. The van der Waals surface area contributed by atoms with Crippen LogP contribution in [0, 0.1) is 11.2 Å². The molecule has 1 atom stereocenters. The third-order valence-electron chi connectivity index (χ3n) is 3.11. The first kappa shape index (κ1) is 18.3. The van der Waals surface area contributed by atoms with Crippen LogP contribution in [0.5, 0.6) is 0 Å². The molecule has 0 heterocycles. The minimum absolute atomic E-state index is 0.358. The molecule has 5 nitrogen and oxygen atoms in total. The third kappa shape index (κ3) is 4.64. The van der Waals surface area contributed by atoms with E-state index in [2.05, 4.69) is 4.72 Å². The monoisotopic (exact) mass is 357 g/mol. The van der Waals surface area contributed by atoms with Gasteiger partial charge in [-0.05, 0) is 30.5 Å². The molecule has 1 aromatic carbocycles. The number of nitrogens with one attached hydrogen (secondary N) is 1. The highest BCUT2D eigenvalue weighted by molar-refractivity contribution is 8.13. The fourth-order valence-electron chi connectivity index (χ4n) is 1.32. The van der Waals surface area contributed by atoms with Crippen LogP contribution in [-0.2, 0) is 19.1 Å². The van der Waals surface area contributed by atoms with Gasteiger partial charge in [-0.25, -0.2) is 25.9 Å². The molecule has 0 aliphatic heterocycles. The Balaban J connectivity index is 3.22. The highest BCUT2D eigenvalue weighted by atomic mass is 35.7. The second-order valence-electron chi connectivity index (χ2n) is 5.74. The zero-order chi connectivity index (χ0) is 16.6. The number of rotatable bonds is 4. The van der Waals surface area contributed by atoms with Crippen molar-refractivity contribution >= 4 is 29.8 Å². The largest absolute Gasteiger partial charge is 0.261 e.